The van der Waals surface area contributed by atoms with Gasteiger partial charge in [0.25, 0.3) is 0 Å². The molecule has 0 saturated carbocycles. The van der Waals surface area contributed by atoms with Gasteiger partial charge >= 0.3 is 11.9 Å². The number of carbonyl (C=O) groups is 7. The fourth-order valence-electron chi connectivity index (χ4n) is 4.81. The molecule has 1 fully saturated rings. The molecule has 0 bridgehead atoms. The molecule has 1 aliphatic rings. The highest BCUT2D eigenvalue weighted by atomic mass is 16.4. The second kappa shape index (κ2) is 19.2. The summed E-state index contributed by atoms with van der Waals surface area (Å²) in [7, 11) is 0. The molecule has 0 aromatic rings. The number of guanidine groups is 1. The van der Waals surface area contributed by atoms with Gasteiger partial charge in [0.2, 0.25) is 29.5 Å². The number of carboxylic acid groups (broad SMARTS) is 2. The average Bonchev–Trinajstić information content (AvgIpc) is 3.48. The first kappa shape index (κ1) is 40.5. The molecule has 19 heteroatoms. The average molecular weight is 672 g/mol. The van der Waals surface area contributed by atoms with Crippen LogP contribution in [0.2, 0.25) is 0 Å². The summed E-state index contributed by atoms with van der Waals surface area (Å²) in [5.41, 5.74) is 16.4. The van der Waals surface area contributed by atoms with Gasteiger partial charge in [-0.05, 0) is 45.4 Å². The normalized spacial score (nSPS) is 18.7. The lowest BCUT2D eigenvalue weighted by molar-refractivity contribution is -0.146. The maximum absolute atomic E-state index is 13.9. The minimum atomic E-state index is -1.78. The summed E-state index contributed by atoms with van der Waals surface area (Å²) in [6.07, 6.45) is -1.17. The lowest BCUT2D eigenvalue weighted by atomic mass is 9.97. The number of hydrogen-bond donors (Lipinski definition) is 10. The fourth-order valence-corrected chi connectivity index (χ4v) is 4.81. The molecule has 5 amide bonds. The van der Waals surface area contributed by atoms with Crippen molar-refractivity contribution >= 4 is 47.4 Å². The van der Waals surface area contributed by atoms with E-state index in [2.05, 4.69) is 20.9 Å². The van der Waals surface area contributed by atoms with Crippen molar-refractivity contribution in [3.8, 4) is 0 Å². The van der Waals surface area contributed by atoms with Crippen LogP contribution in [0.15, 0.2) is 4.99 Å². The molecule has 1 heterocycles. The van der Waals surface area contributed by atoms with E-state index in [4.69, 9.17) is 17.2 Å². The van der Waals surface area contributed by atoms with E-state index in [1.165, 1.54) is 11.8 Å². The summed E-state index contributed by atoms with van der Waals surface area (Å²) in [6.45, 7) is 6.34. The largest absolute Gasteiger partial charge is 0.481 e. The highest BCUT2D eigenvalue weighted by molar-refractivity contribution is 5.97. The number of rotatable bonds is 19. The second-order valence-electron chi connectivity index (χ2n) is 11.6. The number of amides is 5. The van der Waals surface area contributed by atoms with Crippen LogP contribution in [0.3, 0.4) is 0 Å². The first-order valence-electron chi connectivity index (χ1n) is 15.4. The van der Waals surface area contributed by atoms with Crippen LogP contribution in [0, 0.1) is 5.92 Å². The van der Waals surface area contributed by atoms with Crippen LogP contribution < -0.4 is 38.5 Å². The van der Waals surface area contributed by atoms with Crippen molar-refractivity contribution in [2.24, 2.45) is 28.1 Å². The van der Waals surface area contributed by atoms with Gasteiger partial charge in [-0.3, -0.25) is 33.8 Å². The number of hydrogen-bond acceptors (Lipinski definition) is 10. The van der Waals surface area contributed by atoms with Gasteiger partial charge < -0.3 is 58.7 Å². The molecule has 0 radical (unpaired) electrons. The molecule has 1 aliphatic heterocycles. The van der Waals surface area contributed by atoms with Crippen LogP contribution in [-0.2, 0) is 33.6 Å². The molecule has 0 unspecified atom stereocenters. The summed E-state index contributed by atoms with van der Waals surface area (Å²) in [5, 5.41) is 37.9. The van der Waals surface area contributed by atoms with E-state index in [0.717, 1.165) is 6.92 Å². The molecule has 0 spiro atoms. The predicted molar refractivity (Wildman–Crippen MR) is 167 cm³/mol. The van der Waals surface area contributed by atoms with Crippen molar-refractivity contribution in [1.82, 2.24) is 26.2 Å². The van der Waals surface area contributed by atoms with Crippen molar-refractivity contribution < 1.29 is 48.9 Å². The van der Waals surface area contributed by atoms with Crippen molar-refractivity contribution in [2.75, 3.05) is 13.1 Å². The van der Waals surface area contributed by atoms with Crippen molar-refractivity contribution in [1.29, 1.82) is 0 Å². The van der Waals surface area contributed by atoms with Crippen LogP contribution in [0.4, 0.5) is 0 Å². The molecule has 47 heavy (non-hydrogen) atoms. The fraction of sp³-hybridized carbons (Fsp3) is 0.714. The minimum Gasteiger partial charge on any atom is -0.481 e. The SMILES string of the molecule is CC[C@H](C)[C@H](NC(=O)[C@H](C)N)C(=O)N[C@@H](CCCN=C(N)N)C(=O)N1CCC[C@H]1C(=O)N[C@@H](CC(=O)O)C(=O)N[C@H](C(=O)O)[C@@H](C)O. The van der Waals surface area contributed by atoms with Crippen LogP contribution in [0.25, 0.3) is 0 Å². The zero-order chi connectivity index (χ0) is 36.0. The van der Waals surface area contributed by atoms with E-state index in [9.17, 15) is 48.9 Å². The Morgan fingerprint density at radius 3 is 2.02 bits per heavy atom. The second-order valence-corrected chi connectivity index (χ2v) is 11.6. The highest BCUT2D eigenvalue weighted by Gasteiger charge is 2.40. The highest BCUT2D eigenvalue weighted by Crippen LogP contribution is 2.21. The Bertz CT molecular complexity index is 1180. The van der Waals surface area contributed by atoms with E-state index in [-0.39, 0.29) is 44.2 Å². The Morgan fingerprint density at radius 1 is 0.894 bits per heavy atom. The first-order valence-corrected chi connectivity index (χ1v) is 15.4. The number of likely N-dealkylation sites (tertiary alicyclic amines) is 1. The van der Waals surface area contributed by atoms with Gasteiger partial charge in [-0.2, -0.15) is 0 Å². The number of nitrogens with zero attached hydrogens (tertiary/aromatic N) is 2. The number of aliphatic hydroxyl groups is 1. The van der Waals surface area contributed by atoms with Crippen LogP contribution in [-0.4, -0.2) is 123 Å². The van der Waals surface area contributed by atoms with E-state index in [1.807, 2.05) is 12.2 Å². The van der Waals surface area contributed by atoms with Gasteiger partial charge in [0, 0.05) is 13.1 Å². The summed E-state index contributed by atoms with van der Waals surface area (Å²) in [6, 6.07) is -7.80. The van der Waals surface area contributed by atoms with Gasteiger partial charge in [0.1, 0.15) is 24.2 Å². The molecule has 0 aromatic carbocycles. The van der Waals surface area contributed by atoms with E-state index in [0.29, 0.717) is 12.8 Å². The standard InChI is InChI=1S/C28H49N9O10/c1-5-13(2)20(35-22(41)14(3)29)25(44)33-16(8-6-10-32-28(30)31)26(45)37-11-7-9-18(37)24(43)34-17(12-19(39)40)23(42)36-21(15(4)38)27(46)47/h13-18,20-21,38H,5-12,29H2,1-4H3,(H,33,44)(H,34,43)(H,35,41)(H,36,42)(H,39,40)(H,46,47)(H4,30,31,32)/t13-,14-,15+,16-,17-,18-,20-,21-/m0/s1. The van der Waals surface area contributed by atoms with Crippen LogP contribution >= 0.6 is 0 Å². The third-order valence-electron chi connectivity index (χ3n) is 7.66. The molecular weight excluding hydrogens is 622 g/mol. The number of aliphatic imine (C=N–C) groups is 1. The van der Waals surface area contributed by atoms with Gasteiger partial charge in [-0.15, -0.1) is 0 Å². The third-order valence-corrected chi connectivity index (χ3v) is 7.66. The summed E-state index contributed by atoms with van der Waals surface area (Å²) < 4.78 is 0. The van der Waals surface area contributed by atoms with Gasteiger partial charge in [-0.1, -0.05) is 20.3 Å². The van der Waals surface area contributed by atoms with Gasteiger partial charge in [0.15, 0.2) is 12.0 Å². The van der Waals surface area contributed by atoms with Gasteiger partial charge in [0.05, 0.1) is 18.6 Å². The quantitative estimate of drug-likeness (QED) is 0.0360. The lowest BCUT2D eigenvalue weighted by Gasteiger charge is -2.31. The van der Waals surface area contributed by atoms with E-state index >= 15 is 0 Å². The Morgan fingerprint density at radius 2 is 1.51 bits per heavy atom. The Balaban J connectivity index is 3.27. The van der Waals surface area contributed by atoms with Crippen LogP contribution in [0.1, 0.15) is 66.2 Å². The molecule has 1 saturated heterocycles. The lowest BCUT2D eigenvalue weighted by Crippen LogP contribution is -2.60. The Kier molecular flexibility index (Phi) is 16.6. The molecule has 13 N–H and O–H groups in total. The summed E-state index contributed by atoms with van der Waals surface area (Å²) in [4.78, 5) is 93.8. The van der Waals surface area contributed by atoms with E-state index in [1.54, 1.807) is 6.92 Å². The van der Waals surface area contributed by atoms with Crippen molar-refractivity contribution in [3.63, 3.8) is 0 Å². The number of nitrogens with two attached hydrogens (primary N) is 3. The molecule has 266 valence electrons. The van der Waals surface area contributed by atoms with E-state index < -0.39 is 90.3 Å². The summed E-state index contributed by atoms with van der Waals surface area (Å²) in [5.74, 6) is -7.50. The first-order chi connectivity index (χ1) is 21.9. The molecule has 0 aliphatic carbocycles. The van der Waals surface area contributed by atoms with Crippen molar-refractivity contribution in [3.05, 3.63) is 0 Å². The molecule has 19 nitrogen and oxygen atoms in total. The molecule has 1 rings (SSSR count). The molecule has 0 aromatic heterocycles. The molecular formula is C28H49N9O10. The van der Waals surface area contributed by atoms with Gasteiger partial charge in [-0.25, -0.2) is 4.79 Å². The summed E-state index contributed by atoms with van der Waals surface area (Å²) >= 11 is 0. The molecule has 8 atom stereocenters. The number of aliphatic hydroxyl groups excluding tert-OH is 1. The smallest absolute Gasteiger partial charge is 0.328 e. The maximum Gasteiger partial charge on any atom is 0.328 e. The Hall–Kier alpha value is -4.52. The predicted octanol–water partition coefficient (Wildman–Crippen LogP) is -3.70. The maximum atomic E-state index is 13.9. The Labute approximate surface area is 272 Å². The van der Waals surface area contributed by atoms with Crippen LogP contribution in [0.5, 0.6) is 0 Å². The zero-order valence-electron chi connectivity index (χ0n) is 27.1. The number of nitrogens with one attached hydrogen (secondary N) is 4. The minimum absolute atomic E-state index is 0.0423. The number of aliphatic carboxylic acids is 2. The van der Waals surface area contributed by atoms with Crippen molar-refractivity contribution in [2.45, 2.75) is 109 Å². The number of carbonyl (C=O) groups excluding carboxylic acids is 5. The third kappa shape index (κ3) is 13.0. The topological polar surface area (TPSA) is 322 Å². The monoisotopic (exact) mass is 671 g/mol. The zero-order valence-corrected chi connectivity index (χ0v) is 27.1. The number of carboxylic acids is 2.